The van der Waals surface area contributed by atoms with Gasteiger partial charge >= 0.3 is 12.4 Å². The van der Waals surface area contributed by atoms with Gasteiger partial charge in [-0.05, 0) is 62.9 Å². The second-order valence-electron chi connectivity index (χ2n) is 10.6. The number of fused-ring (bicyclic) bond motifs is 1. The van der Waals surface area contributed by atoms with E-state index in [0.29, 0.717) is 35.1 Å². The van der Waals surface area contributed by atoms with Crippen LogP contribution in [-0.4, -0.2) is 59.0 Å². The summed E-state index contributed by atoms with van der Waals surface area (Å²) in [5.74, 6) is 5.75. The van der Waals surface area contributed by atoms with Gasteiger partial charge in [-0.2, -0.15) is 26.3 Å². The largest absolute Gasteiger partial charge is 0.406 e. The monoisotopic (exact) mass is 566 g/mol. The van der Waals surface area contributed by atoms with E-state index in [4.69, 9.17) is 5.73 Å². The standard InChI is InChI=1S/C28H32F6N6/c1-26(2,35)25-9-8-20(16-37-25)36-12-4-5-21-15-22-23(6-3-7-24(22)40(21)18-28(32,33)34)38-19-10-13-39(14-11-19)17-27(29,30)31/h3,6-9,15-16,19,36,38H,10-14,17-18,35H2,1-2H3. The number of pyridine rings is 1. The molecule has 0 aliphatic carbocycles. The van der Waals surface area contributed by atoms with Crippen molar-refractivity contribution in [3.63, 3.8) is 0 Å². The molecule has 2 aromatic heterocycles. The van der Waals surface area contributed by atoms with E-state index in [0.717, 1.165) is 10.3 Å². The van der Waals surface area contributed by atoms with Crippen molar-refractivity contribution in [2.45, 2.75) is 57.2 Å². The number of halogens is 6. The highest BCUT2D eigenvalue weighted by molar-refractivity contribution is 5.94. The number of hydrogen-bond donors (Lipinski definition) is 3. The smallest absolute Gasteiger partial charge is 0.382 e. The number of benzene rings is 1. The maximum Gasteiger partial charge on any atom is 0.406 e. The quantitative estimate of drug-likeness (QED) is 0.253. The van der Waals surface area contributed by atoms with Crippen LogP contribution >= 0.6 is 0 Å². The first-order chi connectivity index (χ1) is 18.7. The van der Waals surface area contributed by atoms with Crippen molar-refractivity contribution in [1.82, 2.24) is 14.5 Å². The summed E-state index contributed by atoms with van der Waals surface area (Å²) < 4.78 is 79.7. The topological polar surface area (TPSA) is 71.1 Å². The van der Waals surface area contributed by atoms with E-state index < -0.39 is 31.0 Å². The summed E-state index contributed by atoms with van der Waals surface area (Å²) in [4.78, 5) is 5.69. The van der Waals surface area contributed by atoms with Crippen molar-refractivity contribution >= 4 is 22.3 Å². The lowest BCUT2D eigenvalue weighted by molar-refractivity contribution is -0.147. The Morgan fingerprint density at radius 2 is 1.70 bits per heavy atom. The van der Waals surface area contributed by atoms with Crippen molar-refractivity contribution in [2.75, 3.05) is 36.8 Å². The number of nitrogens with one attached hydrogen (secondary N) is 2. The fourth-order valence-corrected chi connectivity index (χ4v) is 4.73. The zero-order chi connectivity index (χ0) is 29.1. The molecular weight excluding hydrogens is 534 g/mol. The van der Waals surface area contributed by atoms with Crippen molar-refractivity contribution < 1.29 is 26.3 Å². The zero-order valence-corrected chi connectivity index (χ0v) is 22.3. The van der Waals surface area contributed by atoms with Crippen molar-refractivity contribution in [1.29, 1.82) is 0 Å². The van der Waals surface area contributed by atoms with Crippen LogP contribution in [0.1, 0.15) is 38.1 Å². The molecule has 216 valence electrons. The normalized spacial score (nSPS) is 15.6. The summed E-state index contributed by atoms with van der Waals surface area (Å²) >= 11 is 0. The zero-order valence-electron chi connectivity index (χ0n) is 22.3. The third-order valence-electron chi connectivity index (χ3n) is 6.65. The molecule has 1 aliphatic rings. The molecule has 0 spiro atoms. The Bertz CT molecular complexity index is 1350. The van der Waals surface area contributed by atoms with Gasteiger partial charge in [0, 0.05) is 30.2 Å². The third kappa shape index (κ3) is 8.05. The number of rotatable bonds is 7. The Hall–Kier alpha value is -3.43. The van der Waals surface area contributed by atoms with Gasteiger partial charge in [0.05, 0.1) is 47.4 Å². The Kier molecular flexibility index (Phi) is 8.56. The van der Waals surface area contributed by atoms with Gasteiger partial charge in [-0.25, -0.2) is 0 Å². The molecule has 1 aromatic carbocycles. The molecule has 1 aliphatic heterocycles. The lowest BCUT2D eigenvalue weighted by Gasteiger charge is -2.33. The van der Waals surface area contributed by atoms with Gasteiger partial charge in [-0.15, -0.1) is 0 Å². The molecule has 0 atom stereocenters. The van der Waals surface area contributed by atoms with Crippen molar-refractivity contribution in [3.8, 4) is 11.8 Å². The van der Waals surface area contributed by atoms with Gasteiger partial charge in [-0.1, -0.05) is 12.0 Å². The maximum absolute atomic E-state index is 13.5. The van der Waals surface area contributed by atoms with E-state index in [1.54, 1.807) is 36.5 Å². The molecule has 0 bridgehead atoms. The summed E-state index contributed by atoms with van der Waals surface area (Å²) in [6.07, 6.45) is -6.10. The summed E-state index contributed by atoms with van der Waals surface area (Å²) in [7, 11) is 0. The molecule has 1 fully saturated rings. The Morgan fingerprint density at radius 3 is 2.30 bits per heavy atom. The SMILES string of the molecule is CC(C)(N)c1ccc(NCC#Cc2cc3c(NC4CCN(CC(F)(F)F)CC4)cccc3n2CC(F)(F)F)cn1. The number of anilines is 2. The van der Waals surface area contributed by atoms with Crippen molar-refractivity contribution in [3.05, 3.63) is 54.0 Å². The van der Waals surface area contributed by atoms with Crippen LogP contribution in [-0.2, 0) is 12.1 Å². The fourth-order valence-electron chi connectivity index (χ4n) is 4.73. The molecule has 12 heteroatoms. The first-order valence-corrected chi connectivity index (χ1v) is 12.9. The molecule has 4 N–H and O–H groups in total. The van der Waals surface area contributed by atoms with E-state index in [1.807, 2.05) is 19.9 Å². The number of piperidine rings is 1. The number of nitrogens with two attached hydrogens (primary N) is 1. The molecule has 6 nitrogen and oxygen atoms in total. The van der Waals surface area contributed by atoms with E-state index in [1.165, 1.54) is 4.90 Å². The first kappa shape index (κ1) is 29.6. The van der Waals surface area contributed by atoms with Crippen LogP contribution in [0.4, 0.5) is 37.7 Å². The molecule has 40 heavy (non-hydrogen) atoms. The molecule has 3 heterocycles. The van der Waals surface area contributed by atoms with Gasteiger partial charge in [-0.3, -0.25) is 9.88 Å². The minimum absolute atomic E-state index is 0.0929. The third-order valence-corrected chi connectivity index (χ3v) is 6.65. The molecule has 0 unspecified atom stereocenters. The molecule has 4 rings (SSSR count). The average molecular weight is 567 g/mol. The highest BCUT2D eigenvalue weighted by Gasteiger charge is 2.33. The van der Waals surface area contributed by atoms with Crippen LogP contribution in [0, 0.1) is 11.8 Å². The molecular formula is C28H32F6N6. The summed E-state index contributed by atoms with van der Waals surface area (Å²) in [5.41, 5.74) is 8.09. The van der Waals surface area contributed by atoms with Crippen LogP contribution in [0.2, 0.25) is 0 Å². The Morgan fingerprint density at radius 1 is 1.00 bits per heavy atom. The predicted molar refractivity (Wildman–Crippen MR) is 144 cm³/mol. The predicted octanol–water partition coefficient (Wildman–Crippen LogP) is 5.69. The molecule has 0 radical (unpaired) electrons. The Labute approximate surface area is 228 Å². The average Bonchev–Trinajstić information content (AvgIpc) is 3.18. The number of alkyl halides is 6. The second-order valence-corrected chi connectivity index (χ2v) is 10.6. The number of aromatic nitrogens is 2. The minimum atomic E-state index is -4.46. The van der Waals surface area contributed by atoms with E-state index in [-0.39, 0.29) is 31.4 Å². The van der Waals surface area contributed by atoms with Crippen LogP contribution in [0.25, 0.3) is 10.9 Å². The van der Waals surface area contributed by atoms with Crippen LogP contribution in [0.15, 0.2) is 42.6 Å². The van der Waals surface area contributed by atoms with Gasteiger partial charge in [0.2, 0.25) is 0 Å². The highest BCUT2D eigenvalue weighted by Crippen LogP contribution is 2.31. The first-order valence-electron chi connectivity index (χ1n) is 12.9. The number of nitrogens with zero attached hydrogens (tertiary/aromatic N) is 3. The highest BCUT2D eigenvalue weighted by atomic mass is 19.4. The molecule has 3 aromatic rings. The lowest BCUT2D eigenvalue weighted by Crippen LogP contribution is -2.43. The molecule has 0 saturated carbocycles. The van der Waals surface area contributed by atoms with Crippen LogP contribution < -0.4 is 16.4 Å². The molecule has 0 amide bonds. The summed E-state index contributed by atoms with van der Waals surface area (Å²) in [6, 6.07) is 10.2. The Balaban J connectivity index is 1.50. The van der Waals surface area contributed by atoms with Gasteiger partial charge < -0.3 is 20.9 Å². The van der Waals surface area contributed by atoms with Gasteiger partial charge in [0.25, 0.3) is 0 Å². The lowest BCUT2D eigenvalue weighted by atomic mass is 10.0. The minimum Gasteiger partial charge on any atom is -0.382 e. The summed E-state index contributed by atoms with van der Waals surface area (Å²) in [6.45, 7) is 2.30. The van der Waals surface area contributed by atoms with E-state index >= 15 is 0 Å². The van der Waals surface area contributed by atoms with Crippen molar-refractivity contribution in [2.24, 2.45) is 5.73 Å². The number of likely N-dealkylation sites (tertiary alicyclic amines) is 1. The van der Waals surface area contributed by atoms with Gasteiger partial charge in [0.15, 0.2) is 0 Å². The van der Waals surface area contributed by atoms with Crippen LogP contribution in [0.3, 0.4) is 0 Å². The van der Waals surface area contributed by atoms with E-state index in [2.05, 4.69) is 27.5 Å². The number of hydrogen-bond acceptors (Lipinski definition) is 5. The maximum atomic E-state index is 13.5. The van der Waals surface area contributed by atoms with Crippen LogP contribution in [0.5, 0.6) is 0 Å². The van der Waals surface area contributed by atoms with Gasteiger partial charge in [0.1, 0.15) is 6.54 Å². The second kappa shape index (κ2) is 11.6. The molecule has 1 saturated heterocycles. The summed E-state index contributed by atoms with van der Waals surface area (Å²) in [5, 5.41) is 6.99. The van der Waals surface area contributed by atoms with E-state index in [9.17, 15) is 26.3 Å². The fraction of sp³-hybridized carbons (Fsp3) is 0.464.